The number of likely N-dealkylation sites (N-methyl/N-ethyl adjacent to an activating group) is 1. The molecule has 0 aromatic heterocycles. The van der Waals surface area contributed by atoms with Crippen molar-refractivity contribution in [2.24, 2.45) is 23.2 Å². The van der Waals surface area contributed by atoms with Crippen molar-refractivity contribution >= 4 is 35.6 Å². The van der Waals surface area contributed by atoms with Crippen LogP contribution in [0.3, 0.4) is 0 Å². The number of nitrogens with zero attached hydrogens (tertiary/aromatic N) is 2. The highest BCUT2D eigenvalue weighted by Gasteiger charge is 2.47. The Hall–Kier alpha value is -4.20. The summed E-state index contributed by atoms with van der Waals surface area (Å²) in [6.07, 6.45) is 2.66. The number of carbonyl (C=O) groups is 6. The monoisotopic (exact) mass is 742 g/mol. The van der Waals surface area contributed by atoms with E-state index in [0.717, 1.165) is 32.1 Å². The number of likely N-dealkylation sites (tertiary alicyclic amines) is 1. The van der Waals surface area contributed by atoms with Crippen LogP contribution >= 0.6 is 0 Å². The first-order chi connectivity index (χ1) is 24.9. The fourth-order valence-electron chi connectivity index (χ4n) is 7.09. The second-order valence-corrected chi connectivity index (χ2v) is 16.4. The number of rotatable bonds is 16. The summed E-state index contributed by atoms with van der Waals surface area (Å²) in [5.41, 5.74) is 0.148. The normalized spacial score (nSPS) is 19.5. The quantitative estimate of drug-likeness (QED) is 0.171. The van der Waals surface area contributed by atoms with E-state index in [0.29, 0.717) is 12.0 Å². The Kier molecular flexibility index (Phi) is 16.1. The maximum atomic E-state index is 14.3. The fourth-order valence-corrected chi connectivity index (χ4v) is 7.09. The third kappa shape index (κ3) is 13.0. The predicted molar refractivity (Wildman–Crippen MR) is 200 cm³/mol. The number of hydrogen-bond acceptors (Lipinski definition) is 8. The first-order valence-electron chi connectivity index (χ1n) is 19.0. The van der Waals surface area contributed by atoms with Gasteiger partial charge in [0.1, 0.15) is 18.1 Å². The Labute approximate surface area is 314 Å². The molecular formula is C39H62N6O8. The zero-order chi connectivity index (χ0) is 39.5. The van der Waals surface area contributed by atoms with Crippen LogP contribution in [-0.4, -0.2) is 109 Å². The van der Waals surface area contributed by atoms with E-state index in [1.165, 1.54) is 9.80 Å². The zero-order valence-electron chi connectivity index (χ0n) is 32.8. The van der Waals surface area contributed by atoms with E-state index < -0.39 is 66.0 Å². The molecule has 6 amide bonds. The number of hydrogen-bond donors (Lipinski definition) is 5. The lowest BCUT2D eigenvalue weighted by atomic mass is 9.83. The summed E-state index contributed by atoms with van der Waals surface area (Å²) in [5, 5.41) is 22.0. The van der Waals surface area contributed by atoms with Gasteiger partial charge in [0.05, 0.1) is 19.2 Å². The first-order valence-corrected chi connectivity index (χ1v) is 19.0. The highest BCUT2D eigenvalue weighted by Crippen LogP contribution is 2.36. The Bertz CT molecular complexity index is 1410. The van der Waals surface area contributed by atoms with E-state index in [4.69, 9.17) is 4.74 Å². The van der Waals surface area contributed by atoms with Crippen LogP contribution in [0.4, 0.5) is 4.79 Å². The van der Waals surface area contributed by atoms with Gasteiger partial charge in [-0.3, -0.25) is 24.0 Å². The third-order valence-electron chi connectivity index (χ3n) is 9.77. The second kappa shape index (κ2) is 19.8. The number of alkyl carbamates (subject to hydrolysis) is 1. The van der Waals surface area contributed by atoms with Gasteiger partial charge in [-0.2, -0.15) is 0 Å². The van der Waals surface area contributed by atoms with Gasteiger partial charge >= 0.3 is 6.09 Å². The van der Waals surface area contributed by atoms with Gasteiger partial charge < -0.3 is 40.9 Å². The molecule has 2 unspecified atom stereocenters. The molecule has 14 nitrogen and oxygen atoms in total. The van der Waals surface area contributed by atoms with Gasteiger partial charge in [-0.25, -0.2) is 4.79 Å². The lowest BCUT2D eigenvalue weighted by Crippen LogP contribution is -2.59. The second-order valence-electron chi connectivity index (χ2n) is 16.4. The lowest BCUT2D eigenvalue weighted by molar-refractivity contribution is -0.142. The van der Waals surface area contributed by atoms with Crippen LogP contribution < -0.4 is 21.3 Å². The van der Waals surface area contributed by atoms with E-state index in [2.05, 4.69) is 21.3 Å². The standard InChI is InChI=1S/C39H62N6O8/c1-24(2)19-28(33(47)35(49)40-21-30(46)42-31(36(50)44(7)8)26-15-11-9-12-16-26)41-34(48)29-20-39(5,6)23-45(29)37(51)32(27-17-13-10-14-18-27)43-38(52)53-22-25(3)4/h9,11-12,15-16,24-25,27-29,31-33,47H,10,13-14,17-23H2,1-8H3,(H,40,49)(H,41,48)(H,42,46)(H,43,52)/t28-,29?,31-,32-,33?/m0/s1. The molecule has 1 aliphatic carbocycles. The number of benzene rings is 1. The number of amides is 6. The van der Waals surface area contributed by atoms with Gasteiger partial charge in [-0.15, -0.1) is 0 Å². The number of ether oxygens (including phenoxy) is 1. The van der Waals surface area contributed by atoms with Crippen LogP contribution in [0.1, 0.15) is 98.1 Å². The topological polar surface area (TPSA) is 186 Å². The molecule has 2 aliphatic rings. The van der Waals surface area contributed by atoms with Gasteiger partial charge in [-0.05, 0) is 54.4 Å². The van der Waals surface area contributed by atoms with Crippen LogP contribution in [0.5, 0.6) is 0 Å². The van der Waals surface area contributed by atoms with Gasteiger partial charge in [0, 0.05) is 20.6 Å². The van der Waals surface area contributed by atoms with Crippen molar-refractivity contribution < 1.29 is 38.6 Å². The maximum absolute atomic E-state index is 14.3. The number of carbonyl (C=O) groups excluding carboxylic acids is 6. The van der Waals surface area contributed by atoms with Crippen LogP contribution in [0.25, 0.3) is 0 Å². The SMILES string of the molecule is CC(C)COC(=O)N[C@H](C(=O)N1CC(C)(C)CC1C(=O)N[C@@H](CC(C)C)C(O)C(=O)NCC(=O)N[C@H](C(=O)N(C)C)c1ccccc1)C1CCCCC1. The largest absolute Gasteiger partial charge is 0.449 e. The van der Waals surface area contributed by atoms with Gasteiger partial charge in [0.25, 0.3) is 5.91 Å². The molecule has 1 aliphatic heterocycles. The van der Waals surface area contributed by atoms with E-state index in [1.54, 1.807) is 44.4 Å². The summed E-state index contributed by atoms with van der Waals surface area (Å²) in [6, 6.07) is 4.93. The van der Waals surface area contributed by atoms with E-state index >= 15 is 0 Å². The smallest absolute Gasteiger partial charge is 0.407 e. The Morgan fingerprint density at radius 1 is 0.925 bits per heavy atom. The molecule has 1 saturated carbocycles. The summed E-state index contributed by atoms with van der Waals surface area (Å²) < 4.78 is 5.38. The van der Waals surface area contributed by atoms with E-state index in [1.807, 2.05) is 41.5 Å². The molecule has 3 rings (SSSR count). The maximum Gasteiger partial charge on any atom is 0.407 e. The van der Waals surface area contributed by atoms with Gasteiger partial charge in [0.2, 0.25) is 23.6 Å². The molecule has 1 saturated heterocycles. The third-order valence-corrected chi connectivity index (χ3v) is 9.77. The minimum atomic E-state index is -1.71. The molecule has 0 bridgehead atoms. The molecule has 5 atom stereocenters. The van der Waals surface area contributed by atoms with Crippen molar-refractivity contribution in [3.63, 3.8) is 0 Å². The zero-order valence-corrected chi connectivity index (χ0v) is 32.8. The fraction of sp³-hybridized carbons (Fsp3) is 0.692. The van der Waals surface area contributed by atoms with Crippen LogP contribution in [0.15, 0.2) is 30.3 Å². The molecule has 5 N–H and O–H groups in total. The summed E-state index contributed by atoms with van der Waals surface area (Å²) in [7, 11) is 3.15. The number of aliphatic hydroxyl groups excluding tert-OH is 1. The Morgan fingerprint density at radius 3 is 2.15 bits per heavy atom. The predicted octanol–water partition coefficient (Wildman–Crippen LogP) is 2.90. The number of aliphatic hydroxyl groups is 1. The minimum Gasteiger partial charge on any atom is -0.449 e. The van der Waals surface area contributed by atoms with Crippen molar-refractivity contribution in [2.75, 3.05) is 33.8 Å². The lowest BCUT2D eigenvalue weighted by Gasteiger charge is -2.35. The average Bonchev–Trinajstić information content (AvgIpc) is 3.45. The molecule has 2 fully saturated rings. The molecular weight excluding hydrogens is 680 g/mol. The molecule has 14 heteroatoms. The molecule has 296 valence electrons. The van der Waals surface area contributed by atoms with Crippen LogP contribution in [-0.2, 0) is 28.7 Å². The summed E-state index contributed by atoms with van der Waals surface area (Å²) in [4.78, 5) is 83.1. The van der Waals surface area contributed by atoms with Crippen LogP contribution in [0.2, 0.25) is 0 Å². The Balaban J connectivity index is 1.73. The van der Waals surface area contributed by atoms with E-state index in [9.17, 15) is 33.9 Å². The average molecular weight is 743 g/mol. The summed E-state index contributed by atoms with van der Waals surface area (Å²) in [6.45, 7) is 11.5. The van der Waals surface area contributed by atoms with Crippen molar-refractivity contribution in [3.05, 3.63) is 35.9 Å². The Morgan fingerprint density at radius 2 is 1.57 bits per heavy atom. The van der Waals surface area contributed by atoms with Crippen LogP contribution in [0, 0.1) is 23.2 Å². The molecule has 1 aromatic rings. The van der Waals surface area contributed by atoms with Crippen molar-refractivity contribution in [1.82, 2.24) is 31.1 Å². The van der Waals surface area contributed by atoms with Gasteiger partial charge in [0.15, 0.2) is 6.10 Å². The molecule has 1 aromatic carbocycles. The minimum absolute atomic E-state index is 0.0378. The molecule has 0 radical (unpaired) electrons. The van der Waals surface area contributed by atoms with Crippen molar-refractivity contribution in [2.45, 2.75) is 117 Å². The highest BCUT2D eigenvalue weighted by molar-refractivity contribution is 5.94. The van der Waals surface area contributed by atoms with Crippen molar-refractivity contribution in [3.8, 4) is 0 Å². The summed E-state index contributed by atoms with van der Waals surface area (Å²) >= 11 is 0. The summed E-state index contributed by atoms with van der Waals surface area (Å²) in [5.74, 6) is -2.76. The van der Waals surface area contributed by atoms with Gasteiger partial charge in [-0.1, -0.05) is 91.1 Å². The molecule has 0 spiro atoms. The first kappa shape index (κ1) is 43.2. The van der Waals surface area contributed by atoms with Crippen molar-refractivity contribution in [1.29, 1.82) is 0 Å². The van der Waals surface area contributed by atoms with E-state index in [-0.39, 0.29) is 49.1 Å². The molecule has 1 heterocycles. The highest BCUT2D eigenvalue weighted by atomic mass is 16.5. The number of nitrogens with one attached hydrogen (secondary N) is 4. The molecule has 53 heavy (non-hydrogen) atoms.